The third-order valence-corrected chi connectivity index (χ3v) is 4.78. The Labute approximate surface area is 175 Å². The average Bonchev–Trinajstić information content (AvgIpc) is 3.21. The molecule has 0 saturated heterocycles. The number of hydrazone groups is 1. The molecule has 0 fully saturated rings. The highest BCUT2D eigenvalue weighted by atomic mass is 35.5. The van der Waals surface area contributed by atoms with Gasteiger partial charge in [-0.3, -0.25) is 4.79 Å². The number of hydrogen-bond donors (Lipinski definition) is 1. The van der Waals surface area contributed by atoms with Crippen LogP contribution in [-0.2, 0) is 4.79 Å². The molecule has 6 heteroatoms. The van der Waals surface area contributed by atoms with E-state index in [1.807, 2.05) is 48.5 Å². The SMILES string of the molecule is CCC(C)c1ccc(OCC(=O)NN=Cc2ccc(-c3cccc(Cl)c3)o2)cc1. The molecule has 1 N–H and O–H groups in total. The first kappa shape index (κ1) is 20.7. The van der Waals surface area contributed by atoms with Gasteiger partial charge in [0, 0.05) is 10.6 Å². The van der Waals surface area contributed by atoms with Gasteiger partial charge >= 0.3 is 0 Å². The van der Waals surface area contributed by atoms with E-state index < -0.39 is 0 Å². The molecule has 2 aromatic carbocycles. The van der Waals surface area contributed by atoms with Crippen LogP contribution < -0.4 is 10.2 Å². The van der Waals surface area contributed by atoms with Crippen LogP contribution >= 0.6 is 11.6 Å². The Morgan fingerprint density at radius 1 is 1.21 bits per heavy atom. The molecule has 0 radical (unpaired) electrons. The summed E-state index contributed by atoms with van der Waals surface area (Å²) in [6, 6.07) is 18.7. The molecule has 1 unspecified atom stereocenters. The van der Waals surface area contributed by atoms with Crippen molar-refractivity contribution in [2.24, 2.45) is 5.10 Å². The molecule has 1 atom stereocenters. The average molecular weight is 411 g/mol. The summed E-state index contributed by atoms with van der Waals surface area (Å²) in [5.74, 6) is 1.98. The summed E-state index contributed by atoms with van der Waals surface area (Å²) in [6.45, 7) is 4.21. The number of rotatable bonds is 8. The van der Waals surface area contributed by atoms with Gasteiger partial charge in [0.15, 0.2) is 6.61 Å². The molecule has 0 aliphatic carbocycles. The molecular formula is C23H23ClN2O3. The van der Waals surface area contributed by atoms with Gasteiger partial charge in [-0.1, -0.05) is 49.7 Å². The first-order chi connectivity index (χ1) is 14.0. The van der Waals surface area contributed by atoms with Gasteiger partial charge in [-0.15, -0.1) is 0 Å². The van der Waals surface area contributed by atoms with Crippen LogP contribution in [0, 0.1) is 0 Å². The first-order valence-electron chi connectivity index (χ1n) is 9.45. The van der Waals surface area contributed by atoms with E-state index >= 15 is 0 Å². The van der Waals surface area contributed by atoms with Crippen LogP contribution in [0.2, 0.25) is 5.02 Å². The Kier molecular flexibility index (Phi) is 7.09. The fraction of sp³-hybridized carbons (Fsp3) is 0.217. The molecule has 3 aromatic rings. The third-order valence-electron chi connectivity index (χ3n) is 4.55. The monoisotopic (exact) mass is 410 g/mol. The second-order valence-corrected chi connectivity index (χ2v) is 7.11. The van der Waals surface area contributed by atoms with E-state index in [1.165, 1.54) is 11.8 Å². The second-order valence-electron chi connectivity index (χ2n) is 6.67. The minimum absolute atomic E-state index is 0.119. The lowest BCUT2D eigenvalue weighted by atomic mass is 9.99. The molecular weight excluding hydrogens is 388 g/mol. The van der Waals surface area contributed by atoms with Crippen LogP contribution in [0.1, 0.15) is 37.5 Å². The summed E-state index contributed by atoms with van der Waals surface area (Å²) in [5, 5.41) is 4.54. The highest BCUT2D eigenvalue weighted by Gasteiger charge is 2.06. The number of nitrogens with zero attached hydrogens (tertiary/aromatic N) is 1. The molecule has 150 valence electrons. The Morgan fingerprint density at radius 2 is 2.00 bits per heavy atom. The molecule has 0 aliphatic heterocycles. The van der Waals surface area contributed by atoms with Crippen molar-refractivity contribution in [2.45, 2.75) is 26.2 Å². The maximum absolute atomic E-state index is 11.9. The predicted molar refractivity (Wildman–Crippen MR) is 116 cm³/mol. The Morgan fingerprint density at radius 3 is 2.72 bits per heavy atom. The molecule has 1 aromatic heterocycles. The van der Waals surface area contributed by atoms with Gasteiger partial charge in [0.1, 0.15) is 17.3 Å². The molecule has 0 aliphatic rings. The maximum Gasteiger partial charge on any atom is 0.277 e. The molecule has 1 amide bonds. The second kappa shape index (κ2) is 9.94. The molecule has 0 saturated carbocycles. The number of halogens is 1. The van der Waals surface area contributed by atoms with Crippen LogP contribution in [0.15, 0.2) is 70.2 Å². The van der Waals surface area contributed by atoms with Gasteiger partial charge in [0.2, 0.25) is 0 Å². The maximum atomic E-state index is 11.9. The normalized spacial score (nSPS) is 12.1. The van der Waals surface area contributed by atoms with Gasteiger partial charge in [0.05, 0.1) is 6.21 Å². The predicted octanol–water partition coefficient (Wildman–Crippen LogP) is 5.64. The Hall–Kier alpha value is -3.05. The standard InChI is InChI=1S/C23H23ClN2O3/c1-3-16(2)17-7-9-20(10-8-17)28-15-23(27)26-25-14-21-11-12-22(29-21)18-5-4-6-19(24)13-18/h4-14,16H,3,15H2,1-2H3,(H,26,27). The van der Waals surface area contributed by atoms with E-state index in [0.717, 1.165) is 12.0 Å². The quantitative estimate of drug-likeness (QED) is 0.386. The molecule has 29 heavy (non-hydrogen) atoms. The molecule has 0 bridgehead atoms. The number of amides is 1. The highest BCUT2D eigenvalue weighted by molar-refractivity contribution is 6.30. The summed E-state index contributed by atoms with van der Waals surface area (Å²) in [6.07, 6.45) is 2.52. The van der Waals surface area contributed by atoms with E-state index in [9.17, 15) is 4.79 Å². The minimum Gasteiger partial charge on any atom is -0.484 e. The van der Waals surface area contributed by atoms with Crippen molar-refractivity contribution in [1.29, 1.82) is 0 Å². The number of nitrogens with one attached hydrogen (secondary N) is 1. The summed E-state index contributed by atoms with van der Waals surface area (Å²) in [7, 11) is 0. The van der Waals surface area contributed by atoms with E-state index in [0.29, 0.717) is 28.2 Å². The zero-order valence-electron chi connectivity index (χ0n) is 16.4. The largest absolute Gasteiger partial charge is 0.484 e. The number of carbonyl (C=O) groups excluding carboxylic acids is 1. The number of benzene rings is 2. The Bertz CT molecular complexity index is 980. The van der Waals surface area contributed by atoms with Crippen molar-refractivity contribution in [1.82, 2.24) is 5.43 Å². The minimum atomic E-state index is -0.353. The molecule has 5 nitrogen and oxygen atoms in total. The van der Waals surface area contributed by atoms with E-state index in [2.05, 4.69) is 24.4 Å². The van der Waals surface area contributed by atoms with Gasteiger partial charge in [-0.05, 0) is 54.3 Å². The molecule has 3 rings (SSSR count). The van der Waals surface area contributed by atoms with Gasteiger partial charge in [0.25, 0.3) is 5.91 Å². The van der Waals surface area contributed by atoms with E-state index in [-0.39, 0.29) is 12.5 Å². The first-order valence-corrected chi connectivity index (χ1v) is 9.83. The molecule has 1 heterocycles. The smallest absolute Gasteiger partial charge is 0.277 e. The number of carbonyl (C=O) groups is 1. The highest BCUT2D eigenvalue weighted by Crippen LogP contribution is 2.24. The van der Waals surface area contributed by atoms with Crippen LogP contribution in [-0.4, -0.2) is 18.7 Å². The number of hydrogen-bond acceptors (Lipinski definition) is 4. The number of ether oxygens (including phenoxy) is 1. The lowest BCUT2D eigenvalue weighted by Crippen LogP contribution is -2.24. The van der Waals surface area contributed by atoms with Crippen LogP contribution in [0.3, 0.4) is 0 Å². The van der Waals surface area contributed by atoms with Crippen molar-refractivity contribution in [2.75, 3.05) is 6.61 Å². The van der Waals surface area contributed by atoms with Gasteiger partial charge in [-0.25, -0.2) is 5.43 Å². The number of furan rings is 1. The summed E-state index contributed by atoms with van der Waals surface area (Å²) in [4.78, 5) is 11.9. The van der Waals surface area contributed by atoms with Crippen LogP contribution in [0.5, 0.6) is 5.75 Å². The Balaban J connectivity index is 1.47. The lowest BCUT2D eigenvalue weighted by molar-refractivity contribution is -0.123. The van der Waals surface area contributed by atoms with Crippen molar-refractivity contribution in [3.05, 3.63) is 77.0 Å². The van der Waals surface area contributed by atoms with Gasteiger partial charge in [-0.2, -0.15) is 5.10 Å². The fourth-order valence-electron chi connectivity index (χ4n) is 2.70. The third kappa shape index (κ3) is 5.96. The zero-order valence-corrected chi connectivity index (χ0v) is 17.1. The van der Waals surface area contributed by atoms with Crippen molar-refractivity contribution in [3.8, 4) is 17.1 Å². The van der Waals surface area contributed by atoms with Crippen molar-refractivity contribution in [3.63, 3.8) is 0 Å². The summed E-state index contributed by atoms with van der Waals surface area (Å²) in [5.41, 5.74) is 4.55. The van der Waals surface area contributed by atoms with Crippen molar-refractivity contribution >= 4 is 23.7 Å². The van der Waals surface area contributed by atoms with Crippen LogP contribution in [0.4, 0.5) is 0 Å². The van der Waals surface area contributed by atoms with E-state index in [1.54, 1.807) is 12.1 Å². The zero-order chi connectivity index (χ0) is 20.6. The fourth-order valence-corrected chi connectivity index (χ4v) is 2.89. The van der Waals surface area contributed by atoms with Crippen molar-refractivity contribution < 1.29 is 13.9 Å². The van der Waals surface area contributed by atoms with Gasteiger partial charge < -0.3 is 9.15 Å². The van der Waals surface area contributed by atoms with Crippen LogP contribution in [0.25, 0.3) is 11.3 Å². The summed E-state index contributed by atoms with van der Waals surface area (Å²) >= 11 is 5.99. The topological polar surface area (TPSA) is 63.8 Å². The molecule has 0 spiro atoms. The lowest BCUT2D eigenvalue weighted by Gasteiger charge is -2.10. The van der Waals surface area contributed by atoms with E-state index in [4.69, 9.17) is 20.8 Å². The summed E-state index contributed by atoms with van der Waals surface area (Å²) < 4.78 is 11.2.